The number of oxazole rings is 1. The van der Waals surface area contributed by atoms with Gasteiger partial charge in [-0.3, -0.25) is 0 Å². The van der Waals surface area contributed by atoms with Crippen molar-refractivity contribution in [1.82, 2.24) is 10.3 Å². The van der Waals surface area contributed by atoms with E-state index < -0.39 is 12.1 Å². The van der Waals surface area contributed by atoms with Gasteiger partial charge in [-0.15, -0.1) is 0 Å². The minimum absolute atomic E-state index is 0.177. The van der Waals surface area contributed by atoms with Gasteiger partial charge in [0.25, 0.3) is 0 Å². The molecule has 1 heterocycles. The molecule has 0 atom stereocenters. The summed E-state index contributed by atoms with van der Waals surface area (Å²) in [5, 5.41) is 2.76. The van der Waals surface area contributed by atoms with Crippen molar-refractivity contribution >= 4 is 0 Å². The number of aromatic nitrogens is 1. The van der Waals surface area contributed by atoms with Crippen molar-refractivity contribution in [3.05, 3.63) is 42.0 Å². The Morgan fingerprint density at radius 1 is 1.22 bits per heavy atom. The summed E-state index contributed by atoms with van der Waals surface area (Å²) in [6.45, 7) is 0.188. The quantitative estimate of drug-likeness (QED) is 0.917. The van der Waals surface area contributed by atoms with E-state index in [1.807, 2.05) is 0 Å². The van der Waals surface area contributed by atoms with Crippen LogP contribution in [0.15, 0.2) is 34.7 Å². The third kappa shape index (κ3) is 2.53. The number of halogens is 3. The highest BCUT2D eigenvalue weighted by molar-refractivity contribution is 5.61. The van der Waals surface area contributed by atoms with E-state index in [2.05, 4.69) is 10.3 Å². The third-order valence-corrected chi connectivity index (χ3v) is 2.32. The van der Waals surface area contributed by atoms with Crippen LogP contribution in [0, 0.1) is 0 Å². The van der Waals surface area contributed by atoms with Gasteiger partial charge in [-0.25, -0.2) is 4.98 Å². The highest BCUT2D eigenvalue weighted by Crippen LogP contribution is 2.33. The van der Waals surface area contributed by atoms with Gasteiger partial charge in [0.05, 0.1) is 6.54 Å². The lowest BCUT2D eigenvalue weighted by atomic mass is 10.1. The van der Waals surface area contributed by atoms with Crippen molar-refractivity contribution in [1.29, 1.82) is 0 Å². The van der Waals surface area contributed by atoms with Gasteiger partial charge in [0.1, 0.15) is 11.5 Å². The topological polar surface area (TPSA) is 38.1 Å². The zero-order valence-corrected chi connectivity index (χ0v) is 9.58. The first-order valence-electron chi connectivity index (χ1n) is 5.29. The molecule has 0 unspecified atom stereocenters. The van der Waals surface area contributed by atoms with Crippen molar-refractivity contribution in [2.75, 3.05) is 7.05 Å². The van der Waals surface area contributed by atoms with Crippen molar-refractivity contribution in [3.8, 4) is 11.3 Å². The summed E-state index contributed by atoms with van der Waals surface area (Å²) in [6.07, 6.45) is -4.57. The van der Waals surface area contributed by atoms with Crippen molar-refractivity contribution in [2.24, 2.45) is 0 Å². The third-order valence-electron chi connectivity index (χ3n) is 2.32. The van der Waals surface area contributed by atoms with Gasteiger partial charge in [-0.1, -0.05) is 30.3 Å². The van der Waals surface area contributed by atoms with E-state index in [9.17, 15) is 13.2 Å². The van der Waals surface area contributed by atoms with Gasteiger partial charge in [0.15, 0.2) is 0 Å². The van der Waals surface area contributed by atoms with Crippen LogP contribution in [0.5, 0.6) is 0 Å². The second kappa shape index (κ2) is 4.81. The van der Waals surface area contributed by atoms with Crippen LogP contribution in [0.4, 0.5) is 13.2 Å². The molecule has 0 saturated heterocycles. The average Bonchev–Trinajstić information content (AvgIpc) is 2.75. The predicted octanol–water partition coefficient (Wildman–Crippen LogP) is 3.08. The van der Waals surface area contributed by atoms with Crippen LogP contribution in [0.25, 0.3) is 11.3 Å². The van der Waals surface area contributed by atoms with Crippen LogP contribution in [0.2, 0.25) is 0 Å². The van der Waals surface area contributed by atoms with E-state index in [1.165, 1.54) is 0 Å². The Bertz CT molecular complexity index is 520. The van der Waals surface area contributed by atoms with Crippen molar-refractivity contribution < 1.29 is 17.6 Å². The Kier molecular flexibility index (Phi) is 3.38. The molecule has 0 saturated carbocycles. The number of nitrogens with zero attached hydrogens (tertiary/aromatic N) is 1. The lowest BCUT2D eigenvalue weighted by Crippen LogP contribution is -2.05. The fourth-order valence-corrected chi connectivity index (χ4v) is 1.57. The van der Waals surface area contributed by atoms with Crippen LogP contribution in [0.3, 0.4) is 0 Å². The summed E-state index contributed by atoms with van der Waals surface area (Å²) in [5.74, 6) is -1.04. The van der Waals surface area contributed by atoms with Gasteiger partial charge in [0.2, 0.25) is 0 Å². The molecule has 1 aromatic heterocycles. The number of benzene rings is 1. The SMILES string of the molecule is CNCc1oc(C(F)(F)F)nc1-c1ccccc1. The van der Waals surface area contributed by atoms with Gasteiger partial charge < -0.3 is 9.73 Å². The molecule has 0 aliphatic carbocycles. The Balaban J connectivity index is 2.49. The normalized spacial score (nSPS) is 11.8. The van der Waals surface area contributed by atoms with E-state index in [1.54, 1.807) is 37.4 Å². The van der Waals surface area contributed by atoms with Crippen LogP contribution >= 0.6 is 0 Å². The monoisotopic (exact) mass is 256 g/mol. The largest absolute Gasteiger partial charge is 0.468 e. The molecule has 6 heteroatoms. The van der Waals surface area contributed by atoms with Crippen molar-refractivity contribution in [3.63, 3.8) is 0 Å². The second-order valence-electron chi connectivity index (χ2n) is 3.68. The zero-order chi connectivity index (χ0) is 13.2. The standard InChI is InChI=1S/C12H11F3N2O/c1-16-7-9-10(8-5-3-2-4-6-8)17-11(18-9)12(13,14)15/h2-6,16H,7H2,1H3. The maximum atomic E-state index is 12.6. The fraction of sp³-hybridized carbons (Fsp3) is 0.250. The molecule has 0 bridgehead atoms. The first-order chi connectivity index (χ1) is 8.52. The van der Waals surface area contributed by atoms with Crippen LogP contribution in [0.1, 0.15) is 11.7 Å². The smallest absolute Gasteiger partial charge is 0.436 e. The lowest BCUT2D eigenvalue weighted by Gasteiger charge is -1.99. The van der Waals surface area contributed by atoms with Gasteiger partial charge in [-0.05, 0) is 7.05 Å². The molecule has 1 aromatic carbocycles. The van der Waals surface area contributed by atoms with E-state index in [0.717, 1.165) is 0 Å². The van der Waals surface area contributed by atoms with E-state index in [0.29, 0.717) is 5.56 Å². The van der Waals surface area contributed by atoms with Gasteiger partial charge >= 0.3 is 12.1 Å². The maximum absolute atomic E-state index is 12.6. The zero-order valence-electron chi connectivity index (χ0n) is 9.58. The molecule has 2 aromatic rings. The number of alkyl halides is 3. The Morgan fingerprint density at radius 2 is 1.89 bits per heavy atom. The molecule has 3 nitrogen and oxygen atoms in total. The van der Waals surface area contributed by atoms with E-state index in [-0.39, 0.29) is 18.0 Å². The summed E-state index contributed by atoms with van der Waals surface area (Å²) in [5.41, 5.74) is 0.819. The summed E-state index contributed by atoms with van der Waals surface area (Å²) in [7, 11) is 1.63. The molecule has 18 heavy (non-hydrogen) atoms. The molecular weight excluding hydrogens is 245 g/mol. The summed E-state index contributed by atoms with van der Waals surface area (Å²) in [6, 6.07) is 8.64. The molecule has 0 amide bonds. The van der Waals surface area contributed by atoms with E-state index in [4.69, 9.17) is 4.42 Å². The average molecular weight is 256 g/mol. The molecule has 0 aliphatic heterocycles. The molecule has 1 N–H and O–H groups in total. The molecule has 2 rings (SSSR count). The number of hydrogen-bond donors (Lipinski definition) is 1. The Labute approximate surface area is 102 Å². The molecule has 96 valence electrons. The lowest BCUT2D eigenvalue weighted by molar-refractivity contribution is -0.157. The van der Waals surface area contributed by atoms with Crippen LogP contribution in [-0.2, 0) is 12.7 Å². The molecule has 0 fully saturated rings. The first-order valence-corrected chi connectivity index (χ1v) is 5.29. The Hall–Kier alpha value is -1.82. The molecular formula is C12H11F3N2O. The Morgan fingerprint density at radius 3 is 2.44 bits per heavy atom. The van der Waals surface area contributed by atoms with Crippen LogP contribution in [-0.4, -0.2) is 12.0 Å². The molecule has 0 aliphatic rings. The highest BCUT2D eigenvalue weighted by atomic mass is 19.4. The summed E-state index contributed by atoms with van der Waals surface area (Å²) < 4.78 is 42.5. The summed E-state index contributed by atoms with van der Waals surface area (Å²) >= 11 is 0. The molecule has 0 spiro atoms. The maximum Gasteiger partial charge on any atom is 0.468 e. The number of hydrogen-bond acceptors (Lipinski definition) is 3. The van der Waals surface area contributed by atoms with Gasteiger partial charge in [-0.2, -0.15) is 13.2 Å². The fourth-order valence-electron chi connectivity index (χ4n) is 1.57. The van der Waals surface area contributed by atoms with Crippen molar-refractivity contribution in [2.45, 2.75) is 12.7 Å². The van der Waals surface area contributed by atoms with Gasteiger partial charge in [0, 0.05) is 5.56 Å². The minimum atomic E-state index is -4.57. The minimum Gasteiger partial charge on any atom is -0.436 e. The predicted molar refractivity (Wildman–Crippen MR) is 59.7 cm³/mol. The molecule has 0 radical (unpaired) electrons. The highest BCUT2D eigenvalue weighted by Gasteiger charge is 2.38. The summed E-state index contributed by atoms with van der Waals surface area (Å²) in [4.78, 5) is 3.54. The number of nitrogens with one attached hydrogen (secondary N) is 1. The first kappa shape index (κ1) is 12.6. The van der Waals surface area contributed by atoms with Crippen LogP contribution < -0.4 is 5.32 Å². The van der Waals surface area contributed by atoms with E-state index >= 15 is 0 Å². The second-order valence-corrected chi connectivity index (χ2v) is 3.68. The number of rotatable bonds is 3.